The Balaban J connectivity index is 1.95. The molecule has 7 heteroatoms. The summed E-state index contributed by atoms with van der Waals surface area (Å²) in [6.07, 6.45) is 0.0522. The van der Waals surface area contributed by atoms with E-state index in [4.69, 9.17) is 9.47 Å². The number of anilines is 1. The molecule has 2 atom stereocenters. The Bertz CT molecular complexity index is 704. The fourth-order valence-corrected chi connectivity index (χ4v) is 2.73. The summed E-state index contributed by atoms with van der Waals surface area (Å²) in [6, 6.07) is 3.05. The molecule has 0 amide bonds. The lowest BCUT2D eigenvalue weighted by Crippen LogP contribution is -2.46. The summed E-state index contributed by atoms with van der Waals surface area (Å²) in [4.78, 5) is 8.77. The first-order valence-corrected chi connectivity index (χ1v) is 7.69. The first-order chi connectivity index (χ1) is 11.1. The maximum atomic E-state index is 13.9. The van der Waals surface area contributed by atoms with Gasteiger partial charge in [0.1, 0.15) is 11.6 Å². The van der Waals surface area contributed by atoms with Crippen molar-refractivity contribution >= 4 is 16.7 Å². The van der Waals surface area contributed by atoms with Gasteiger partial charge in [-0.3, -0.25) is 0 Å². The molecular weight excluding hydrogens is 299 g/mol. The van der Waals surface area contributed by atoms with Crippen LogP contribution in [0.25, 0.3) is 10.9 Å². The van der Waals surface area contributed by atoms with Crippen LogP contribution in [0, 0.1) is 12.7 Å². The van der Waals surface area contributed by atoms with E-state index in [1.54, 1.807) is 13.0 Å². The molecule has 0 spiro atoms. The van der Waals surface area contributed by atoms with Crippen molar-refractivity contribution in [1.82, 2.24) is 15.3 Å². The number of rotatable bonds is 4. The Hall–Kier alpha value is -1.99. The number of aromatic nitrogens is 2. The highest BCUT2D eigenvalue weighted by molar-refractivity contribution is 5.90. The van der Waals surface area contributed by atoms with Gasteiger partial charge in [0.25, 0.3) is 0 Å². The third-order valence-corrected chi connectivity index (χ3v) is 3.96. The van der Waals surface area contributed by atoms with E-state index in [2.05, 4.69) is 20.6 Å². The monoisotopic (exact) mass is 320 g/mol. The third kappa shape index (κ3) is 3.35. The molecule has 124 valence electrons. The van der Waals surface area contributed by atoms with Crippen LogP contribution in [0.1, 0.15) is 12.7 Å². The Labute approximate surface area is 134 Å². The molecule has 1 aliphatic rings. The molecule has 1 aromatic heterocycles. The Kier molecular flexibility index (Phi) is 4.58. The van der Waals surface area contributed by atoms with Crippen molar-refractivity contribution in [2.24, 2.45) is 0 Å². The van der Waals surface area contributed by atoms with Crippen molar-refractivity contribution in [2.45, 2.75) is 26.0 Å². The normalized spacial score (nSPS) is 19.6. The second kappa shape index (κ2) is 6.64. The van der Waals surface area contributed by atoms with E-state index in [-0.39, 0.29) is 17.9 Å². The molecule has 1 saturated heterocycles. The first kappa shape index (κ1) is 15.9. The van der Waals surface area contributed by atoms with Gasteiger partial charge in [-0.2, -0.15) is 0 Å². The van der Waals surface area contributed by atoms with Crippen LogP contribution in [0.2, 0.25) is 0 Å². The molecule has 3 rings (SSSR count). The molecule has 0 saturated carbocycles. The van der Waals surface area contributed by atoms with Crippen molar-refractivity contribution in [3.8, 4) is 5.75 Å². The average molecular weight is 320 g/mol. The van der Waals surface area contributed by atoms with Crippen LogP contribution in [0.15, 0.2) is 12.1 Å². The fourth-order valence-electron chi connectivity index (χ4n) is 2.73. The minimum Gasteiger partial charge on any atom is -0.494 e. The molecule has 2 unspecified atom stereocenters. The second-order valence-electron chi connectivity index (χ2n) is 5.67. The van der Waals surface area contributed by atoms with Gasteiger partial charge in [0.2, 0.25) is 0 Å². The van der Waals surface area contributed by atoms with E-state index in [0.717, 1.165) is 18.5 Å². The smallest absolute Gasteiger partial charge is 0.167 e. The summed E-state index contributed by atoms with van der Waals surface area (Å²) >= 11 is 0. The molecular formula is C16H21FN4O2. The van der Waals surface area contributed by atoms with Crippen LogP contribution in [0.4, 0.5) is 10.2 Å². The molecule has 0 bridgehead atoms. The van der Waals surface area contributed by atoms with Crippen LogP contribution in [0.5, 0.6) is 5.75 Å². The highest BCUT2D eigenvalue weighted by Crippen LogP contribution is 2.28. The number of hydrogen-bond acceptors (Lipinski definition) is 6. The van der Waals surface area contributed by atoms with E-state index >= 15 is 0 Å². The standard InChI is InChI=1S/C16H21FN4O2/c1-9(15-8-18-4-5-23-15)19-16-11-6-14(22-3)12(17)7-13(11)20-10(2)21-16/h6-7,9,15,18H,4-5,8H2,1-3H3,(H,19,20,21). The maximum Gasteiger partial charge on any atom is 0.167 e. The maximum absolute atomic E-state index is 13.9. The van der Waals surface area contributed by atoms with Crippen molar-refractivity contribution in [3.05, 3.63) is 23.8 Å². The minimum atomic E-state index is -0.433. The summed E-state index contributed by atoms with van der Waals surface area (Å²) < 4.78 is 24.7. The van der Waals surface area contributed by atoms with Gasteiger partial charge in [-0.05, 0) is 19.9 Å². The van der Waals surface area contributed by atoms with E-state index in [1.807, 2.05) is 6.92 Å². The second-order valence-corrected chi connectivity index (χ2v) is 5.67. The predicted octanol–water partition coefficient (Wildman–Crippen LogP) is 1.87. The van der Waals surface area contributed by atoms with E-state index in [9.17, 15) is 4.39 Å². The lowest BCUT2D eigenvalue weighted by Gasteiger charge is -2.29. The summed E-state index contributed by atoms with van der Waals surface area (Å²) in [5.41, 5.74) is 0.549. The molecule has 23 heavy (non-hydrogen) atoms. The summed E-state index contributed by atoms with van der Waals surface area (Å²) in [7, 11) is 1.44. The number of methoxy groups -OCH3 is 1. The van der Waals surface area contributed by atoms with E-state index in [1.165, 1.54) is 13.2 Å². The van der Waals surface area contributed by atoms with E-state index < -0.39 is 5.82 Å². The largest absolute Gasteiger partial charge is 0.494 e. The molecule has 1 aromatic carbocycles. The van der Waals surface area contributed by atoms with Gasteiger partial charge in [-0.15, -0.1) is 0 Å². The number of nitrogens with zero attached hydrogens (tertiary/aromatic N) is 2. The Morgan fingerprint density at radius 3 is 2.96 bits per heavy atom. The van der Waals surface area contributed by atoms with E-state index in [0.29, 0.717) is 23.8 Å². The number of nitrogens with one attached hydrogen (secondary N) is 2. The summed E-state index contributed by atoms with van der Waals surface area (Å²) in [5, 5.41) is 7.41. The molecule has 6 nitrogen and oxygen atoms in total. The molecule has 2 heterocycles. The summed E-state index contributed by atoms with van der Waals surface area (Å²) in [6.45, 7) is 6.18. The molecule has 2 aromatic rings. The minimum absolute atomic E-state index is 0.0522. The van der Waals surface area contributed by atoms with Gasteiger partial charge in [0.15, 0.2) is 11.6 Å². The number of benzene rings is 1. The van der Waals surface area contributed by atoms with Crippen LogP contribution < -0.4 is 15.4 Å². The highest BCUT2D eigenvalue weighted by Gasteiger charge is 2.22. The SMILES string of the molecule is COc1cc2c(NC(C)C3CNCCO3)nc(C)nc2cc1F. The topological polar surface area (TPSA) is 68.3 Å². The third-order valence-electron chi connectivity index (χ3n) is 3.96. The number of fused-ring (bicyclic) bond motifs is 1. The Morgan fingerprint density at radius 2 is 2.26 bits per heavy atom. The van der Waals surface area contributed by atoms with Gasteiger partial charge in [0.05, 0.1) is 31.4 Å². The quantitative estimate of drug-likeness (QED) is 0.896. The zero-order valence-electron chi connectivity index (χ0n) is 13.5. The van der Waals surface area contributed by atoms with Crippen molar-refractivity contribution in [3.63, 3.8) is 0 Å². The number of ether oxygens (including phenoxy) is 2. The van der Waals surface area contributed by atoms with Crippen LogP contribution in [-0.4, -0.2) is 48.9 Å². The lowest BCUT2D eigenvalue weighted by molar-refractivity contribution is 0.0201. The molecule has 2 N–H and O–H groups in total. The fraction of sp³-hybridized carbons (Fsp3) is 0.500. The number of morpholine rings is 1. The van der Waals surface area contributed by atoms with Gasteiger partial charge >= 0.3 is 0 Å². The molecule has 1 fully saturated rings. The van der Waals surface area contributed by atoms with Crippen LogP contribution >= 0.6 is 0 Å². The van der Waals surface area contributed by atoms with Crippen LogP contribution in [-0.2, 0) is 4.74 Å². The van der Waals surface area contributed by atoms with Gasteiger partial charge in [-0.25, -0.2) is 14.4 Å². The first-order valence-electron chi connectivity index (χ1n) is 7.69. The average Bonchev–Trinajstić information content (AvgIpc) is 2.55. The van der Waals surface area contributed by atoms with Gasteiger partial charge < -0.3 is 20.1 Å². The van der Waals surface area contributed by atoms with Gasteiger partial charge in [-0.1, -0.05) is 0 Å². The van der Waals surface area contributed by atoms with Crippen molar-refractivity contribution in [1.29, 1.82) is 0 Å². The van der Waals surface area contributed by atoms with Gasteiger partial charge in [0, 0.05) is 24.5 Å². The molecule has 1 aliphatic heterocycles. The zero-order valence-corrected chi connectivity index (χ0v) is 13.5. The number of aryl methyl sites for hydroxylation is 1. The van der Waals surface area contributed by atoms with Crippen LogP contribution in [0.3, 0.4) is 0 Å². The number of hydrogen-bond donors (Lipinski definition) is 2. The molecule has 0 aliphatic carbocycles. The summed E-state index contributed by atoms with van der Waals surface area (Å²) in [5.74, 6) is 0.986. The zero-order chi connectivity index (χ0) is 16.4. The van der Waals surface area contributed by atoms with Crippen molar-refractivity contribution < 1.29 is 13.9 Å². The number of halogens is 1. The highest BCUT2D eigenvalue weighted by atomic mass is 19.1. The Morgan fingerprint density at radius 1 is 1.43 bits per heavy atom. The predicted molar refractivity (Wildman–Crippen MR) is 86.5 cm³/mol. The molecule has 0 radical (unpaired) electrons. The lowest BCUT2D eigenvalue weighted by atomic mass is 10.1. The van der Waals surface area contributed by atoms with Crippen molar-refractivity contribution in [2.75, 3.05) is 32.1 Å².